The number of anilines is 1. The summed E-state index contributed by atoms with van der Waals surface area (Å²) in [7, 11) is 1.53. The summed E-state index contributed by atoms with van der Waals surface area (Å²) < 4.78 is 10.5. The zero-order valence-corrected chi connectivity index (χ0v) is 13.5. The number of methoxy groups -OCH3 is 1. The molecule has 0 heterocycles. The molecule has 122 valence electrons. The lowest BCUT2D eigenvalue weighted by Crippen LogP contribution is -2.43. The number of nitrogens with two attached hydrogens (primary N) is 1. The molecule has 1 rings (SSSR count). The standard InChI is InChI=1S/C16H24N2O4/c1-11(2)9-16(3,21-4)15(20)18-12-5-7-13(8-6-12)22-10-14(17)19/h5-8,11H,9-10H2,1-4H3,(H2,17,19)(H,18,20)/t16-/m0/s1. The van der Waals surface area contributed by atoms with Crippen molar-refractivity contribution in [3.8, 4) is 5.75 Å². The van der Waals surface area contributed by atoms with Gasteiger partial charge in [0.1, 0.15) is 11.4 Å². The van der Waals surface area contributed by atoms with E-state index in [0.717, 1.165) is 0 Å². The van der Waals surface area contributed by atoms with Crippen molar-refractivity contribution < 1.29 is 19.1 Å². The Kier molecular flexibility index (Phi) is 6.37. The predicted octanol–water partition coefficient (Wildman–Crippen LogP) is 1.94. The number of carbonyl (C=O) groups excluding carboxylic acids is 2. The molecule has 0 aliphatic heterocycles. The highest BCUT2D eigenvalue weighted by molar-refractivity contribution is 5.97. The van der Waals surface area contributed by atoms with Crippen LogP contribution in [0.1, 0.15) is 27.2 Å². The van der Waals surface area contributed by atoms with Crippen LogP contribution in [0.3, 0.4) is 0 Å². The van der Waals surface area contributed by atoms with E-state index in [1.54, 1.807) is 31.2 Å². The summed E-state index contributed by atoms with van der Waals surface area (Å²) in [5, 5.41) is 2.82. The number of rotatable bonds is 8. The van der Waals surface area contributed by atoms with Gasteiger partial charge < -0.3 is 20.5 Å². The van der Waals surface area contributed by atoms with Crippen molar-refractivity contribution in [1.29, 1.82) is 0 Å². The first kappa shape index (κ1) is 18.0. The maximum Gasteiger partial charge on any atom is 0.256 e. The second-order valence-corrected chi connectivity index (χ2v) is 5.77. The van der Waals surface area contributed by atoms with Gasteiger partial charge in [-0.2, -0.15) is 0 Å². The molecule has 0 fully saturated rings. The van der Waals surface area contributed by atoms with E-state index in [1.807, 2.05) is 13.8 Å². The molecule has 0 bridgehead atoms. The molecule has 1 aromatic carbocycles. The van der Waals surface area contributed by atoms with Crippen LogP contribution in [-0.4, -0.2) is 31.1 Å². The van der Waals surface area contributed by atoms with E-state index in [1.165, 1.54) is 7.11 Å². The average Bonchev–Trinajstić information content (AvgIpc) is 2.45. The monoisotopic (exact) mass is 308 g/mol. The molecule has 0 unspecified atom stereocenters. The largest absolute Gasteiger partial charge is 0.484 e. The minimum Gasteiger partial charge on any atom is -0.484 e. The average molecular weight is 308 g/mol. The molecule has 0 saturated heterocycles. The number of ether oxygens (including phenoxy) is 2. The number of amides is 2. The summed E-state index contributed by atoms with van der Waals surface area (Å²) >= 11 is 0. The zero-order chi connectivity index (χ0) is 16.8. The number of hydrogen-bond acceptors (Lipinski definition) is 4. The third-order valence-electron chi connectivity index (χ3n) is 3.22. The van der Waals surface area contributed by atoms with E-state index in [4.69, 9.17) is 15.2 Å². The Hall–Kier alpha value is -2.08. The Morgan fingerprint density at radius 1 is 1.27 bits per heavy atom. The molecule has 0 aromatic heterocycles. The summed E-state index contributed by atoms with van der Waals surface area (Å²) in [4.78, 5) is 23.0. The van der Waals surface area contributed by atoms with Crippen LogP contribution in [0.25, 0.3) is 0 Å². The van der Waals surface area contributed by atoms with Gasteiger partial charge in [-0.3, -0.25) is 9.59 Å². The van der Waals surface area contributed by atoms with Gasteiger partial charge in [-0.05, 0) is 43.5 Å². The minimum atomic E-state index is -0.880. The van der Waals surface area contributed by atoms with E-state index >= 15 is 0 Å². The molecule has 3 N–H and O–H groups in total. The van der Waals surface area contributed by atoms with Crippen LogP contribution >= 0.6 is 0 Å². The molecule has 1 aromatic rings. The zero-order valence-electron chi connectivity index (χ0n) is 13.5. The lowest BCUT2D eigenvalue weighted by molar-refractivity contribution is -0.137. The second-order valence-electron chi connectivity index (χ2n) is 5.77. The van der Waals surface area contributed by atoms with Crippen LogP contribution in [0.5, 0.6) is 5.75 Å². The van der Waals surface area contributed by atoms with E-state index in [-0.39, 0.29) is 12.5 Å². The predicted molar refractivity (Wildman–Crippen MR) is 84.6 cm³/mol. The number of primary amides is 1. The fourth-order valence-electron chi connectivity index (χ4n) is 2.10. The van der Waals surface area contributed by atoms with Crippen molar-refractivity contribution in [2.24, 2.45) is 11.7 Å². The van der Waals surface area contributed by atoms with Crippen molar-refractivity contribution >= 4 is 17.5 Å². The molecule has 2 amide bonds. The fourth-order valence-corrected chi connectivity index (χ4v) is 2.10. The van der Waals surface area contributed by atoms with Crippen molar-refractivity contribution in [2.75, 3.05) is 19.0 Å². The first-order valence-corrected chi connectivity index (χ1v) is 7.14. The van der Waals surface area contributed by atoms with Gasteiger partial charge in [-0.1, -0.05) is 13.8 Å². The Morgan fingerprint density at radius 3 is 2.32 bits per heavy atom. The summed E-state index contributed by atoms with van der Waals surface area (Å²) in [5.74, 6) is 0.102. The van der Waals surface area contributed by atoms with Gasteiger partial charge in [-0.25, -0.2) is 0 Å². The number of carbonyl (C=O) groups is 2. The van der Waals surface area contributed by atoms with Gasteiger partial charge >= 0.3 is 0 Å². The summed E-state index contributed by atoms with van der Waals surface area (Å²) in [5.41, 5.74) is 4.75. The van der Waals surface area contributed by atoms with Crippen LogP contribution in [0, 0.1) is 5.92 Å². The molecule has 22 heavy (non-hydrogen) atoms. The third kappa shape index (κ3) is 5.37. The molecule has 0 spiro atoms. The molecule has 6 nitrogen and oxygen atoms in total. The molecular formula is C16H24N2O4. The number of benzene rings is 1. The summed E-state index contributed by atoms with van der Waals surface area (Å²) in [6.45, 7) is 5.67. The fraction of sp³-hybridized carbons (Fsp3) is 0.500. The molecule has 6 heteroatoms. The van der Waals surface area contributed by atoms with Crippen LogP contribution in [0.15, 0.2) is 24.3 Å². The molecule has 0 aliphatic carbocycles. The second kappa shape index (κ2) is 7.79. The van der Waals surface area contributed by atoms with Gasteiger partial charge in [-0.15, -0.1) is 0 Å². The minimum absolute atomic E-state index is 0.179. The molecule has 1 atom stereocenters. The summed E-state index contributed by atoms with van der Waals surface area (Å²) in [6, 6.07) is 6.70. The maximum atomic E-state index is 12.4. The Labute approximate surface area is 131 Å². The van der Waals surface area contributed by atoms with Gasteiger partial charge in [0, 0.05) is 12.8 Å². The Balaban J connectivity index is 2.69. The third-order valence-corrected chi connectivity index (χ3v) is 3.22. The first-order chi connectivity index (χ1) is 10.3. The van der Waals surface area contributed by atoms with Crippen LogP contribution in [-0.2, 0) is 14.3 Å². The smallest absolute Gasteiger partial charge is 0.256 e. The lowest BCUT2D eigenvalue weighted by atomic mass is 9.93. The van der Waals surface area contributed by atoms with Gasteiger partial charge in [0.2, 0.25) is 0 Å². The Bertz CT molecular complexity index is 513. The van der Waals surface area contributed by atoms with E-state index in [2.05, 4.69) is 5.32 Å². The Morgan fingerprint density at radius 2 is 1.86 bits per heavy atom. The van der Waals surface area contributed by atoms with E-state index in [0.29, 0.717) is 23.8 Å². The van der Waals surface area contributed by atoms with Crippen LogP contribution in [0.4, 0.5) is 5.69 Å². The van der Waals surface area contributed by atoms with Crippen LogP contribution in [0.2, 0.25) is 0 Å². The highest BCUT2D eigenvalue weighted by Crippen LogP contribution is 2.23. The van der Waals surface area contributed by atoms with Crippen molar-refractivity contribution in [3.05, 3.63) is 24.3 Å². The highest BCUT2D eigenvalue weighted by atomic mass is 16.5. The quantitative estimate of drug-likeness (QED) is 0.768. The van der Waals surface area contributed by atoms with Gasteiger partial charge in [0.15, 0.2) is 6.61 Å². The molecular weight excluding hydrogens is 284 g/mol. The highest BCUT2D eigenvalue weighted by Gasteiger charge is 2.33. The van der Waals surface area contributed by atoms with Gasteiger partial charge in [0.05, 0.1) is 0 Å². The van der Waals surface area contributed by atoms with E-state index in [9.17, 15) is 9.59 Å². The van der Waals surface area contributed by atoms with Crippen molar-refractivity contribution in [1.82, 2.24) is 0 Å². The topological polar surface area (TPSA) is 90.7 Å². The molecule has 0 saturated carbocycles. The van der Waals surface area contributed by atoms with E-state index < -0.39 is 11.5 Å². The van der Waals surface area contributed by atoms with Crippen molar-refractivity contribution in [2.45, 2.75) is 32.8 Å². The SMILES string of the molecule is CO[C@@](C)(CC(C)C)C(=O)Nc1ccc(OCC(N)=O)cc1. The summed E-state index contributed by atoms with van der Waals surface area (Å²) in [6.07, 6.45) is 0.620. The number of nitrogens with one attached hydrogen (secondary N) is 1. The van der Waals surface area contributed by atoms with Crippen LogP contribution < -0.4 is 15.8 Å². The van der Waals surface area contributed by atoms with Crippen molar-refractivity contribution in [3.63, 3.8) is 0 Å². The normalized spacial score (nSPS) is 13.5. The molecule has 0 radical (unpaired) electrons. The maximum absolute atomic E-state index is 12.4. The van der Waals surface area contributed by atoms with Gasteiger partial charge in [0.25, 0.3) is 11.8 Å². The lowest BCUT2D eigenvalue weighted by Gasteiger charge is -2.28. The first-order valence-electron chi connectivity index (χ1n) is 7.14. The molecule has 0 aliphatic rings. The number of hydrogen-bond donors (Lipinski definition) is 2.